The number of anilines is 1. The fourth-order valence-corrected chi connectivity index (χ4v) is 3.08. The zero-order chi connectivity index (χ0) is 19.6. The molecule has 8 nitrogen and oxygen atoms in total. The highest BCUT2D eigenvalue weighted by Crippen LogP contribution is 2.30. The number of non-ortho nitro benzene ring substituents is 1. The summed E-state index contributed by atoms with van der Waals surface area (Å²) in [6.45, 7) is -0.0925. The largest absolute Gasteiger partial charge is 0.507 e. The maximum atomic E-state index is 12.5. The molecule has 0 radical (unpaired) electrons. The first-order valence-corrected chi connectivity index (χ1v) is 8.48. The Morgan fingerprint density at radius 2 is 2.04 bits per heavy atom. The van der Waals surface area contributed by atoms with E-state index in [2.05, 4.69) is 0 Å². The molecule has 1 N–H and O–H groups in total. The minimum absolute atomic E-state index is 0.0345. The van der Waals surface area contributed by atoms with Crippen molar-refractivity contribution in [2.45, 2.75) is 12.8 Å². The van der Waals surface area contributed by atoms with Crippen molar-refractivity contribution in [2.24, 2.45) is 0 Å². The van der Waals surface area contributed by atoms with E-state index in [-0.39, 0.29) is 22.0 Å². The maximum Gasteiger partial charge on any atom is 0.342 e. The van der Waals surface area contributed by atoms with Gasteiger partial charge in [0.1, 0.15) is 11.3 Å². The molecule has 3 rings (SSSR count). The third-order valence-corrected chi connectivity index (χ3v) is 4.44. The van der Waals surface area contributed by atoms with Gasteiger partial charge in [-0.25, -0.2) is 4.79 Å². The molecular weight excluding hydrogens is 376 g/mol. The summed E-state index contributed by atoms with van der Waals surface area (Å²) in [6.07, 6.45) is 1.27. The van der Waals surface area contributed by atoms with E-state index in [1.54, 1.807) is 0 Å². The Kier molecular flexibility index (Phi) is 5.27. The number of ether oxygens (including phenoxy) is 1. The molecule has 2 aromatic carbocycles. The summed E-state index contributed by atoms with van der Waals surface area (Å²) in [6, 6.07) is 8.24. The fourth-order valence-electron chi connectivity index (χ4n) is 2.92. The number of amides is 1. The first kappa shape index (κ1) is 18.7. The number of phenolic OH excluding ortho intramolecular Hbond substituents is 1. The summed E-state index contributed by atoms with van der Waals surface area (Å²) in [5, 5.41) is 20.9. The van der Waals surface area contributed by atoms with Gasteiger partial charge in [0.2, 0.25) is 0 Å². The average Bonchev–Trinajstić information content (AvgIpc) is 2.64. The molecular formula is C18H15ClN2O6. The van der Waals surface area contributed by atoms with Gasteiger partial charge in [-0.05, 0) is 42.7 Å². The molecule has 0 fully saturated rings. The van der Waals surface area contributed by atoms with Crippen LogP contribution in [0.15, 0.2) is 36.4 Å². The van der Waals surface area contributed by atoms with E-state index in [4.69, 9.17) is 16.3 Å². The van der Waals surface area contributed by atoms with Crippen molar-refractivity contribution in [2.75, 3.05) is 18.1 Å². The van der Waals surface area contributed by atoms with Gasteiger partial charge in [-0.3, -0.25) is 14.9 Å². The van der Waals surface area contributed by atoms with E-state index in [0.717, 1.165) is 0 Å². The van der Waals surface area contributed by atoms with E-state index >= 15 is 0 Å². The van der Waals surface area contributed by atoms with Gasteiger partial charge in [0.25, 0.3) is 11.6 Å². The number of rotatable bonds is 4. The van der Waals surface area contributed by atoms with E-state index < -0.39 is 23.4 Å². The highest BCUT2D eigenvalue weighted by molar-refractivity contribution is 6.30. The van der Waals surface area contributed by atoms with Crippen LogP contribution in [-0.4, -0.2) is 35.1 Å². The molecule has 140 valence electrons. The summed E-state index contributed by atoms with van der Waals surface area (Å²) in [4.78, 5) is 36.4. The van der Waals surface area contributed by atoms with Crippen LogP contribution >= 0.6 is 11.6 Å². The van der Waals surface area contributed by atoms with Crippen molar-refractivity contribution in [3.05, 3.63) is 62.7 Å². The van der Waals surface area contributed by atoms with E-state index in [1.165, 1.54) is 41.3 Å². The van der Waals surface area contributed by atoms with Crippen LogP contribution in [0.3, 0.4) is 0 Å². The summed E-state index contributed by atoms with van der Waals surface area (Å²) >= 11 is 5.71. The molecule has 1 heterocycles. The Morgan fingerprint density at radius 3 is 2.74 bits per heavy atom. The summed E-state index contributed by atoms with van der Waals surface area (Å²) in [5.74, 6) is -1.64. The van der Waals surface area contributed by atoms with Gasteiger partial charge in [0.15, 0.2) is 6.61 Å². The minimum Gasteiger partial charge on any atom is -0.507 e. The lowest BCUT2D eigenvalue weighted by Gasteiger charge is -2.29. The van der Waals surface area contributed by atoms with Crippen molar-refractivity contribution >= 4 is 34.9 Å². The van der Waals surface area contributed by atoms with Crippen molar-refractivity contribution in [1.29, 1.82) is 0 Å². The van der Waals surface area contributed by atoms with Crippen LogP contribution in [0.25, 0.3) is 0 Å². The number of nitro benzene ring substituents is 1. The minimum atomic E-state index is -0.849. The second kappa shape index (κ2) is 7.63. The highest BCUT2D eigenvalue weighted by Gasteiger charge is 2.25. The van der Waals surface area contributed by atoms with E-state index in [9.17, 15) is 24.8 Å². The number of carbonyl (C=O) groups excluding carboxylic acids is 2. The molecule has 9 heteroatoms. The first-order valence-electron chi connectivity index (χ1n) is 8.10. The predicted octanol–water partition coefficient (Wildman–Crippen LogP) is 3.09. The third-order valence-electron chi connectivity index (χ3n) is 4.20. The summed E-state index contributed by atoms with van der Waals surface area (Å²) < 4.78 is 5.00. The number of benzene rings is 2. The maximum absolute atomic E-state index is 12.5. The molecule has 0 atom stereocenters. The smallest absolute Gasteiger partial charge is 0.342 e. The molecule has 27 heavy (non-hydrogen) atoms. The number of halogens is 1. The van der Waals surface area contributed by atoms with Gasteiger partial charge in [0, 0.05) is 29.4 Å². The number of esters is 1. The van der Waals surface area contributed by atoms with Gasteiger partial charge in [-0.1, -0.05) is 11.6 Å². The number of hydrogen-bond acceptors (Lipinski definition) is 6. The second-order valence-corrected chi connectivity index (χ2v) is 6.39. The first-order chi connectivity index (χ1) is 12.9. The SMILES string of the molecule is O=C(OCC(=O)N1CCCc2cc([N+](=O)[O-])ccc21)c1ccc(Cl)cc1O. The Bertz CT molecular complexity index is 930. The lowest BCUT2D eigenvalue weighted by molar-refractivity contribution is -0.384. The molecule has 0 aromatic heterocycles. The lowest BCUT2D eigenvalue weighted by Crippen LogP contribution is -2.38. The van der Waals surface area contributed by atoms with Crippen LogP contribution in [0.5, 0.6) is 5.75 Å². The molecule has 0 unspecified atom stereocenters. The molecule has 0 spiro atoms. The number of nitro groups is 1. The third kappa shape index (κ3) is 4.01. The lowest BCUT2D eigenvalue weighted by atomic mass is 10.0. The molecule has 0 saturated carbocycles. The van der Waals surface area contributed by atoms with Gasteiger partial charge >= 0.3 is 5.97 Å². The fraction of sp³-hybridized carbons (Fsp3) is 0.222. The van der Waals surface area contributed by atoms with Gasteiger partial charge < -0.3 is 14.7 Å². The number of aromatic hydroxyl groups is 1. The zero-order valence-electron chi connectivity index (χ0n) is 14.1. The number of phenols is 1. The number of aryl methyl sites for hydroxylation is 1. The Morgan fingerprint density at radius 1 is 1.26 bits per heavy atom. The molecule has 0 bridgehead atoms. The molecule has 2 aromatic rings. The van der Waals surface area contributed by atoms with Crippen molar-refractivity contribution in [1.82, 2.24) is 0 Å². The second-order valence-electron chi connectivity index (χ2n) is 5.96. The van der Waals surface area contributed by atoms with Crippen LogP contribution in [0, 0.1) is 10.1 Å². The Labute approximate surface area is 159 Å². The number of hydrogen-bond donors (Lipinski definition) is 1. The molecule has 0 saturated heterocycles. The van der Waals surface area contributed by atoms with Crippen molar-refractivity contribution in [3.63, 3.8) is 0 Å². The predicted molar refractivity (Wildman–Crippen MR) is 97.2 cm³/mol. The van der Waals surface area contributed by atoms with Gasteiger partial charge in [-0.2, -0.15) is 0 Å². The number of carbonyl (C=O) groups is 2. The monoisotopic (exact) mass is 390 g/mol. The van der Waals surface area contributed by atoms with E-state index in [0.29, 0.717) is 30.6 Å². The van der Waals surface area contributed by atoms with Crippen LogP contribution in [-0.2, 0) is 16.0 Å². The van der Waals surface area contributed by atoms with Crippen molar-refractivity contribution < 1.29 is 24.4 Å². The van der Waals surface area contributed by atoms with Crippen LogP contribution in [0.4, 0.5) is 11.4 Å². The van der Waals surface area contributed by atoms with Gasteiger partial charge in [0.05, 0.1) is 4.92 Å². The number of nitrogens with zero attached hydrogens (tertiary/aromatic N) is 2. The summed E-state index contributed by atoms with van der Waals surface area (Å²) in [5.41, 5.74) is 1.14. The molecule has 1 aliphatic rings. The Hall–Kier alpha value is -3.13. The summed E-state index contributed by atoms with van der Waals surface area (Å²) in [7, 11) is 0. The normalized spacial score (nSPS) is 13.0. The molecule has 1 aliphatic heterocycles. The van der Waals surface area contributed by atoms with Crippen molar-refractivity contribution in [3.8, 4) is 5.75 Å². The highest BCUT2D eigenvalue weighted by atomic mass is 35.5. The molecule has 0 aliphatic carbocycles. The standard InChI is InChI=1S/C18H15ClN2O6/c19-12-3-5-14(16(22)9-12)18(24)27-10-17(23)20-7-1-2-11-8-13(21(25)26)4-6-15(11)20/h3-6,8-9,22H,1-2,7,10H2. The topological polar surface area (TPSA) is 110 Å². The average molecular weight is 391 g/mol. The quantitative estimate of drug-likeness (QED) is 0.488. The van der Waals surface area contributed by atoms with Crippen LogP contribution in [0.2, 0.25) is 5.02 Å². The zero-order valence-corrected chi connectivity index (χ0v) is 14.8. The Balaban J connectivity index is 1.70. The van der Waals surface area contributed by atoms with Crippen LogP contribution in [0.1, 0.15) is 22.3 Å². The molecule has 1 amide bonds. The van der Waals surface area contributed by atoms with Gasteiger partial charge in [-0.15, -0.1) is 0 Å². The van der Waals surface area contributed by atoms with E-state index in [1.807, 2.05) is 0 Å². The van der Waals surface area contributed by atoms with Crippen LogP contribution < -0.4 is 4.90 Å². The number of fused-ring (bicyclic) bond motifs is 1.